The zero-order valence-electron chi connectivity index (χ0n) is 11.1. The number of hydrogen-bond donors (Lipinski definition) is 2. The van der Waals surface area contributed by atoms with Crippen molar-refractivity contribution in [1.29, 1.82) is 0 Å². The minimum absolute atomic E-state index is 0.603. The number of rotatable bonds is 6. The fourth-order valence-corrected chi connectivity index (χ4v) is 3.46. The molecule has 2 aliphatic carbocycles. The van der Waals surface area contributed by atoms with Gasteiger partial charge in [-0.05, 0) is 50.5 Å². The lowest BCUT2D eigenvalue weighted by Crippen LogP contribution is -2.41. The fourth-order valence-electron chi connectivity index (χ4n) is 3.46. The monoisotopic (exact) mass is 224 g/mol. The van der Waals surface area contributed by atoms with Gasteiger partial charge in [0.1, 0.15) is 0 Å². The Balaban J connectivity index is 1.60. The Kier molecular flexibility index (Phi) is 4.26. The molecule has 0 heterocycles. The first-order valence-corrected chi connectivity index (χ1v) is 7.12. The molecule has 2 N–H and O–H groups in total. The van der Waals surface area contributed by atoms with Crippen molar-refractivity contribution in [3.05, 3.63) is 0 Å². The van der Waals surface area contributed by atoms with Crippen LogP contribution in [0.4, 0.5) is 0 Å². The maximum absolute atomic E-state index is 3.70. The van der Waals surface area contributed by atoms with E-state index in [1.165, 1.54) is 32.2 Å². The second-order valence-corrected chi connectivity index (χ2v) is 6.31. The molecule has 0 saturated heterocycles. The van der Waals surface area contributed by atoms with Crippen molar-refractivity contribution in [2.45, 2.75) is 58.5 Å². The summed E-state index contributed by atoms with van der Waals surface area (Å²) >= 11 is 0. The molecule has 2 rings (SSSR count). The minimum Gasteiger partial charge on any atom is -0.313 e. The van der Waals surface area contributed by atoms with E-state index < -0.39 is 0 Å². The Labute approximate surface area is 101 Å². The average Bonchev–Trinajstić information content (AvgIpc) is 2.84. The van der Waals surface area contributed by atoms with Gasteiger partial charge < -0.3 is 10.6 Å². The number of fused-ring (bicyclic) bond motifs is 2. The smallest absolute Gasteiger partial charge is 0.0164 e. The lowest BCUT2D eigenvalue weighted by atomic mass is 9.89. The van der Waals surface area contributed by atoms with Gasteiger partial charge in [0.15, 0.2) is 0 Å². The van der Waals surface area contributed by atoms with Crippen LogP contribution in [-0.2, 0) is 0 Å². The van der Waals surface area contributed by atoms with Crippen LogP contribution in [-0.4, -0.2) is 25.2 Å². The van der Waals surface area contributed by atoms with Crippen molar-refractivity contribution in [1.82, 2.24) is 10.6 Å². The summed E-state index contributed by atoms with van der Waals surface area (Å²) in [6, 6.07) is 1.22. The van der Waals surface area contributed by atoms with Crippen LogP contribution in [0.2, 0.25) is 0 Å². The summed E-state index contributed by atoms with van der Waals surface area (Å²) in [6.07, 6.45) is 6.06. The molecule has 0 aromatic rings. The summed E-state index contributed by atoms with van der Waals surface area (Å²) in [5.41, 5.74) is 0. The first-order chi connectivity index (χ1) is 7.65. The summed E-state index contributed by atoms with van der Waals surface area (Å²) in [5.74, 6) is 3.13. The predicted octanol–water partition coefficient (Wildman–Crippen LogP) is 2.40. The zero-order chi connectivity index (χ0) is 11.5. The standard InChI is InChI=1S/C14H28N2/c1-10(2)15-8-11(3)16-9-14-7-12-4-5-13(14)6-12/h10-16H,4-9H2,1-3H3. The van der Waals surface area contributed by atoms with Gasteiger partial charge in [-0.3, -0.25) is 0 Å². The van der Waals surface area contributed by atoms with E-state index in [0.717, 1.165) is 24.3 Å². The molecule has 0 aromatic heterocycles. The molecular formula is C14H28N2. The molecule has 2 bridgehead atoms. The van der Waals surface area contributed by atoms with Crippen LogP contribution in [0.5, 0.6) is 0 Å². The van der Waals surface area contributed by atoms with Gasteiger partial charge >= 0.3 is 0 Å². The molecule has 4 atom stereocenters. The third-order valence-electron chi connectivity index (χ3n) is 4.45. The maximum atomic E-state index is 3.70. The third-order valence-corrected chi connectivity index (χ3v) is 4.45. The third kappa shape index (κ3) is 3.21. The molecule has 0 spiro atoms. The lowest BCUT2D eigenvalue weighted by molar-refractivity contribution is 0.305. The predicted molar refractivity (Wildman–Crippen MR) is 69.5 cm³/mol. The van der Waals surface area contributed by atoms with E-state index in [2.05, 4.69) is 31.4 Å². The summed E-state index contributed by atoms with van der Waals surface area (Å²) in [4.78, 5) is 0. The van der Waals surface area contributed by atoms with E-state index in [0.29, 0.717) is 12.1 Å². The molecule has 0 amide bonds. The van der Waals surface area contributed by atoms with Gasteiger partial charge in [0, 0.05) is 18.6 Å². The summed E-state index contributed by atoms with van der Waals surface area (Å²) in [6.45, 7) is 9.06. The van der Waals surface area contributed by atoms with E-state index in [1.807, 2.05) is 0 Å². The Morgan fingerprint density at radius 1 is 1.06 bits per heavy atom. The number of hydrogen-bond acceptors (Lipinski definition) is 2. The Morgan fingerprint density at radius 3 is 2.44 bits per heavy atom. The largest absolute Gasteiger partial charge is 0.313 e. The molecule has 4 unspecified atom stereocenters. The Hall–Kier alpha value is -0.0800. The molecule has 0 aliphatic heterocycles. The van der Waals surface area contributed by atoms with Crippen LogP contribution in [0, 0.1) is 17.8 Å². The molecule has 2 aliphatic rings. The minimum atomic E-state index is 0.603. The quantitative estimate of drug-likeness (QED) is 0.724. The average molecular weight is 224 g/mol. The highest BCUT2D eigenvalue weighted by Gasteiger charge is 2.38. The van der Waals surface area contributed by atoms with E-state index in [9.17, 15) is 0 Å². The number of nitrogens with one attached hydrogen (secondary N) is 2. The Bertz CT molecular complexity index is 215. The lowest BCUT2D eigenvalue weighted by Gasteiger charge is -2.24. The zero-order valence-corrected chi connectivity index (χ0v) is 11.1. The van der Waals surface area contributed by atoms with Crippen molar-refractivity contribution < 1.29 is 0 Å². The maximum Gasteiger partial charge on any atom is 0.0164 e. The normalized spacial score (nSPS) is 34.9. The van der Waals surface area contributed by atoms with Crippen molar-refractivity contribution >= 4 is 0 Å². The van der Waals surface area contributed by atoms with Crippen LogP contribution in [0.25, 0.3) is 0 Å². The van der Waals surface area contributed by atoms with Gasteiger partial charge in [-0.25, -0.2) is 0 Å². The topological polar surface area (TPSA) is 24.1 Å². The van der Waals surface area contributed by atoms with Crippen LogP contribution in [0.3, 0.4) is 0 Å². The second kappa shape index (κ2) is 5.50. The van der Waals surface area contributed by atoms with Gasteiger partial charge in [-0.15, -0.1) is 0 Å². The molecule has 2 saturated carbocycles. The fraction of sp³-hybridized carbons (Fsp3) is 1.00. The van der Waals surface area contributed by atoms with Gasteiger partial charge in [0.05, 0.1) is 0 Å². The van der Waals surface area contributed by atoms with E-state index >= 15 is 0 Å². The molecule has 2 nitrogen and oxygen atoms in total. The van der Waals surface area contributed by atoms with Crippen LogP contribution in [0.1, 0.15) is 46.5 Å². The van der Waals surface area contributed by atoms with Gasteiger partial charge in [0.2, 0.25) is 0 Å². The molecule has 2 fully saturated rings. The molecule has 0 aromatic carbocycles. The van der Waals surface area contributed by atoms with E-state index in [1.54, 1.807) is 0 Å². The van der Waals surface area contributed by atoms with E-state index in [-0.39, 0.29) is 0 Å². The van der Waals surface area contributed by atoms with Crippen LogP contribution in [0.15, 0.2) is 0 Å². The summed E-state index contributed by atoms with van der Waals surface area (Å²) in [7, 11) is 0. The molecular weight excluding hydrogens is 196 g/mol. The van der Waals surface area contributed by atoms with Gasteiger partial charge in [0.25, 0.3) is 0 Å². The second-order valence-electron chi connectivity index (χ2n) is 6.31. The molecule has 2 heteroatoms. The highest BCUT2D eigenvalue weighted by Crippen LogP contribution is 2.47. The molecule has 0 radical (unpaired) electrons. The van der Waals surface area contributed by atoms with Crippen molar-refractivity contribution in [3.8, 4) is 0 Å². The van der Waals surface area contributed by atoms with Crippen LogP contribution >= 0.6 is 0 Å². The first-order valence-electron chi connectivity index (χ1n) is 7.12. The van der Waals surface area contributed by atoms with E-state index in [4.69, 9.17) is 0 Å². The summed E-state index contributed by atoms with van der Waals surface area (Å²) in [5, 5.41) is 7.19. The first kappa shape index (κ1) is 12.4. The SMILES string of the molecule is CC(C)NCC(C)NCC1CC2CCC1C2. The molecule has 16 heavy (non-hydrogen) atoms. The highest BCUT2D eigenvalue weighted by molar-refractivity contribution is 4.91. The Morgan fingerprint density at radius 2 is 1.88 bits per heavy atom. The van der Waals surface area contributed by atoms with Crippen molar-refractivity contribution in [3.63, 3.8) is 0 Å². The van der Waals surface area contributed by atoms with Crippen LogP contribution < -0.4 is 10.6 Å². The van der Waals surface area contributed by atoms with Crippen molar-refractivity contribution in [2.75, 3.05) is 13.1 Å². The highest BCUT2D eigenvalue weighted by atomic mass is 15.0. The van der Waals surface area contributed by atoms with Gasteiger partial charge in [-0.2, -0.15) is 0 Å². The van der Waals surface area contributed by atoms with Crippen molar-refractivity contribution in [2.24, 2.45) is 17.8 Å². The van der Waals surface area contributed by atoms with Gasteiger partial charge in [-0.1, -0.05) is 20.3 Å². The summed E-state index contributed by atoms with van der Waals surface area (Å²) < 4.78 is 0. The molecule has 94 valence electrons.